The minimum absolute atomic E-state index is 0.0119. The van der Waals surface area contributed by atoms with E-state index in [2.05, 4.69) is 5.32 Å². The van der Waals surface area contributed by atoms with E-state index < -0.39 is 0 Å². The average Bonchev–Trinajstić information content (AvgIpc) is 2.60. The van der Waals surface area contributed by atoms with Gasteiger partial charge in [-0.15, -0.1) is 0 Å². The van der Waals surface area contributed by atoms with Crippen molar-refractivity contribution in [1.29, 1.82) is 0 Å². The first-order valence-corrected chi connectivity index (χ1v) is 8.31. The van der Waals surface area contributed by atoms with E-state index in [1.807, 2.05) is 49.4 Å². The van der Waals surface area contributed by atoms with Gasteiger partial charge in [-0.05, 0) is 48.7 Å². The van der Waals surface area contributed by atoms with E-state index in [1.54, 1.807) is 7.11 Å². The smallest absolute Gasteiger partial charge is 0.220 e. The molecule has 0 atom stereocenters. The maximum Gasteiger partial charge on any atom is 0.220 e. The zero-order chi connectivity index (χ0) is 17.4. The maximum absolute atomic E-state index is 12.0. The second kappa shape index (κ2) is 9.18. The van der Waals surface area contributed by atoms with Crippen LogP contribution in [0.4, 0.5) is 0 Å². The molecule has 0 heterocycles. The molecule has 0 aromatic heterocycles. The minimum Gasteiger partial charge on any atom is -0.493 e. The number of amides is 1. The summed E-state index contributed by atoms with van der Waals surface area (Å²) in [7, 11) is 1.61. The summed E-state index contributed by atoms with van der Waals surface area (Å²) in [5.41, 5.74) is 2.06. The Labute approximate surface area is 147 Å². The molecular formula is C19H22ClNO3. The molecule has 2 rings (SSSR count). The van der Waals surface area contributed by atoms with Gasteiger partial charge in [0.1, 0.15) is 0 Å². The quantitative estimate of drug-likeness (QED) is 0.785. The van der Waals surface area contributed by atoms with Gasteiger partial charge in [-0.3, -0.25) is 4.79 Å². The van der Waals surface area contributed by atoms with Crippen molar-refractivity contribution in [3.63, 3.8) is 0 Å². The van der Waals surface area contributed by atoms with E-state index >= 15 is 0 Å². The molecule has 0 saturated carbocycles. The number of aryl methyl sites for hydroxylation is 1. The molecule has 0 aliphatic heterocycles. The molecule has 0 fully saturated rings. The molecule has 2 aromatic carbocycles. The van der Waals surface area contributed by atoms with Gasteiger partial charge in [-0.25, -0.2) is 0 Å². The Hall–Kier alpha value is -2.20. The minimum atomic E-state index is 0.0119. The highest BCUT2D eigenvalue weighted by atomic mass is 35.5. The van der Waals surface area contributed by atoms with Crippen LogP contribution in [0, 0.1) is 0 Å². The number of nitrogens with one attached hydrogen (secondary N) is 1. The van der Waals surface area contributed by atoms with E-state index in [4.69, 9.17) is 21.1 Å². The number of hydrogen-bond acceptors (Lipinski definition) is 3. The van der Waals surface area contributed by atoms with Crippen molar-refractivity contribution in [3.05, 3.63) is 58.6 Å². The number of ether oxygens (including phenoxy) is 2. The molecule has 128 valence electrons. The zero-order valence-corrected chi connectivity index (χ0v) is 14.7. The lowest BCUT2D eigenvalue weighted by atomic mass is 10.1. The van der Waals surface area contributed by atoms with Crippen LogP contribution in [0.2, 0.25) is 5.02 Å². The largest absolute Gasteiger partial charge is 0.493 e. The van der Waals surface area contributed by atoms with Crippen molar-refractivity contribution in [2.24, 2.45) is 0 Å². The number of rotatable bonds is 8. The van der Waals surface area contributed by atoms with Crippen LogP contribution in [0.3, 0.4) is 0 Å². The van der Waals surface area contributed by atoms with Gasteiger partial charge in [0, 0.05) is 18.0 Å². The monoisotopic (exact) mass is 347 g/mol. The van der Waals surface area contributed by atoms with Gasteiger partial charge in [0.15, 0.2) is 11.5 Å². The molecule has 0 radical (unpaired) electrons. The van der Waals surface area contributed by atoms with Crippen molar-refractivity contribution in [2.45, 2.75) is 26.3 Å². The van der Waals surface area contributed by atoms with Crippen molar-refractivity contribution in [3.8, 4) is 11.5 Å². The van der Waals surface area contributed by atoms with Crippen LogP contribution in [0.5, 0.6) is 11.5 Å². The first-order valence-electron chi connectivity index (χ1n) is 7.93. The van der Waals surface area contributed by atoms with E-state index in [9.17, 15) is 4.79 Å². The Morgan fingerprint density at radius 1 is 1.08 bits per heavy atom. The van der Waals surface area contributed by atoms with Crippen LogP contribution in [-0.4, -0.2) is 19.6 Å². The molecule has 2 aromatic rings. The summed E-state index contributed by atoms with van der Waals surface area (Å²) in [5, 5.41) is 3.60. The molecular weight excluding hydrogens is 326 g/mol. The molecule has 1 amide bonds. The lowest BCUT2D eigenvalue weighted by Crippen LogP contribution is -2.22. The average molecular weight is 348 g/mol. The third-order valence-corrected chi connectivity index (χ3v) is 3.82. The first-order chi connectivity index (χ1) is 11.6. The van der Waals surface area contributed by atoms with Crippen LogP contribution in [-0.2, 0) is 17.8 Å². The SMILES string of the molecule is CCOc1ccc(CCC(=O)NCc2ccc(Cl)cc2)cc1OC. The van der Waals surface area contributed by atoms with Gasteiger partial charge in [0.2, 0.25) is 5.91 Å². The number of methoxy groups -OCH3 is 1. The van der Waals surface area contributed by atoms with Crippen molar-refractivity contribution in [2.75, 3.05) is 13.7 Å². The lowest BCUT2D eigenvalue weighted by Gasteiger charge is -2.11. The predicted molar refractivity (Wildman–Crippen MR) is 95.8 cm³/mol. The summed E-state index contributed by atoms with van der Waals surface area (Å²) in [4.78, 5) is 12.0. The Morgan fingerprint density at radius 2 is 1.79 bits per heavy atom. The molecule has 0 aliphatic carbocycles. The Bertz CT molecular complexity index is 671. The maximum atomic E-state index is 12.0. The van der Waals surface area contributed by atoms with Crippen LogP contribution in [0.1, 0.15) is 24.5 Å². The van der Waals surface area contributed by atoms with Crippen LogP contribution in [0.15, 0.2) is 42.5 Å². The molecule has 5 heteroatoms. The summed E-state index contributed by atoms with van der Waals surface area (Å²) in [5.74, 6) is 1.42. The van der Waals surface area contributed by atoms with Gasteiger partial charge < -0.3 is 14.8 Å². The Balaban J connectivity index is 1.83. The summed E-state index contributed by atoms with van der Waals surface area (Å²) < 4.78 is 10.8. The third-order valence-electron chi connectivity index (χ3n) is 3.57. The highest BCUT2D eigenvalue weighted by Gasteiger charge is 2.07. The fraction of sp³-hybridized carbons (Fsp3) is 0.316. The van der Waals surface area contributed by atoms with Crippen molar-refractivity contribution in [1.82, 2.24) is 5.32 Å². The fourth-order valence-corrected chi connectivity index (χ4v) is 2.42. The molecule has 0 spiro atoms. The van der Waals surface area contributed by atoms with E-state index in [0.29, 0.717) is 36.8 Å². The van der Waals surface area contributed by atoms with E-state index in [1.165, 1.54) is 0 Å². The van der Waals surface area contributed by atoms with Gasteiger partial charge in [0.25, 0.3) is 0 Å². The summed E-state index contributed by atoms with van der Waals surface area (Å²) in [6.07, 6.45) is 1.07. The number of carbonyl (C=O) groups excluding carboxylic acids is 1. The Kier molecular flexibility index (Phi) is 6.94. The Morgan fingerprint density at radius 3 is 2.46 bits per heavy atom. The van der Waals surface area contributed by atoms with Crippen LogP contribution in [0.25, 0.3) is 0 Å². The van der Waals surface area contributed by atoms with E-state index in [-0.39, 0.29) is 5.91 Å². The van der Waals surface area contributed by atoms with Gasteiger partial charge in [0.05, 0.1) is 13.7 Å². The standard InChI is InChI=1S/C19H22ClNO3/c1-3-24-17-10-6-14(12-18(17)23-2)7-11-19(22)21-13-15-4-8-16(20)9-5-15/h4-6,8-10,12H,3,7,11,13H2,1-2H3,(H,21,22). The molecule has 0 saturated heterocycles. The van der Waals surface area contributed by atoms with Gasteiger partial charge in [-0.1, -0.05) is 29.8 Å². The second-order valence-electron chi connectivity index (χ2n) is 5.32. The van der Waals surface area contributed by atoms with Crippen LogP contribution >= 0.6 is 11.6 Å². The number of hydrogen-bond donors (Lipinski definition) is 1. The summed E-state index contributed by atoms with van der Waals surface area (Å²) in [6, 6.07) is 13.2. The summed E-state index contributed by atoms with van der Waals surface area (Å²) in [6.45, 7) is 3.02. The topological polar surface area (TPSA) is 47.6 Å². The normalized spacial score (nSPS) is 10.3. The molecule has 0 bridgehead atoms. The zero-order valence-electron chi connectivity index (χ0n) is 14.0. The highest BCUT2D eigenvalue weighted by molar-refractivity contribution is 6.30. The molecule has 24 heavy (non-hydrogen) atoms. The molecule has 1 N–H and O–H groups in total. The summed E-state index contributed by atoms with van der Waals surface area (Å²) >= 11 is 5.84. The predicted octanol–water partition coefficient (Wildman–Crippen LogP) is 4.00. The molecule has 0 aliphatic rings. The second-order valence-corrected chi connectivity index (χ2v) is 5.76. The number of halogens is 1. The lowest BCUT2D eigenvalue weighted by molar-refractivity contribution is -0.121. The first kappa shape index (κ1) is 18.1. The van der Waals surface area contributed by atoms with Gasteiger partial charge in [-0.2, -0.15) is 0 Å². The fourth-order valence-electron chi connectivity index (χ4n) is 2.29. The van der Waals surface area contributed by atoms with Crippen molar-refractivity contribution < 1.29 is 14.3 Å². The number of carbonyl (C=O) groups is 1. The van der Waals surface area contributed by atoms with Gasteiger partial charge >= 0.3 is 0 Å². The third kappa shape index (κ3) is 5.46. The highest BCUT2D eigenvalue weighted by Crippen LogP contribution is 2.28. The van der Waals surface area contributed by atoms with Crippen LogP contribution < -0.4 is 14.8 Å². The molecule has 4 nitrogen and oxygen atoms in total. The van der Waals surface area contributed by atoms with Crippen molar-refractivity contribution >= 4 is 17.5 Å². The molecule has 0 unspecified atom stereocenters. The number of benzene rings is 2. The van der Waals surface area contributed by atoms with E-state index in [0.717, 1.165) is 16.9 Å².